The molecule has 2 rings (SSSR count). The van der Waals surface area contributed by atoms with Crippen LogP contribution in [0.2, 0.25) is 0 Å². The smallest absolute Gasteiger partial charge is 0.387 e. The first-order valence-corrected chi connectivity index (χ1v) is 4.55. The predicted octanol–water partition coefficient (Wildman–Crippen LogP) is 2.86. The molecule has 76 valence electrons. The summed E-state index contributed by atoms with van der Waals surface area (Å²) in [7, 11) is 0. The highest BCUT2D eigenvalue weighted by atomic mass is 19.3. The van der Waals surface area contributed by atoms with E-state index in [-0.39, 0.29) is 5.75 Å². The topological polar surface area (TPSA) is 21.3 Å². The maximum Gasteiger partial charge on any atom is 0.387 e. The number of alkyl halides is 2. The van der Waals surface area contributed by atoms with E-state index in [2.05, 4.69) is 10.1 Å². The van der Waals surface area contributed by atoms with Crippen LogP contribution >= 0.6 is 0 Å². The Morgan fingerprint density at radius 1 is 1.21 bits per heavy atom. The standard InChI is InChI=1S/C10H11F2NO/c11-10(12)14-9-5-3-8(4-6-9)13-7-1-2-7/h3-7,10,13H,1-2H2. The van der Waals surface area contributed by atoms with Crippen molar-refractivity contribution in [1.29, 1.82) is 0 Å². The lowest BCUT2D eigenvalue weighted by molar-refractivity contribution is -0.0498. The van der Waals surface area contributed by atoms with Gasteiger partial charge in [-0.25, -0.2) is 0 Å². The number of hydrogen-bond donors (Lipinski definition) is 1. The molecule has 0 atom stereocenters. The number of hydrogen-bond acceptors (Lipinski definition) is 2. The highest BCUT2D eigenvalue weighted by Crippen LogP contribution is 2.25. The number of nitrogens with one attached hydrogen (secondary N) is 1. The lowest BCUT2D eigenvalue weighted by Crippen LogP contribution is -2.03. The van der Waals surface area contributed by atoms with Crippen molar-refractivity contribution in [2.75, 3.05) is 5.32 Å². The summed E-state index contributed by atoms with van der Waals surface area (Å²) in [5.74, 6) is 0.196. The third-order valence-corrected chi connectivity index (χ3v) is 2.03. The predicted molar refractivity (Wildman–Crippen MR) is 49.7 cm³/mol. The minimum Gasteiger partial charge on any atom is -0.435 e. The second kappa shape index (κ2) is 3.82. The second-order valence-electron chi connectivity index (χ2n) is 3.32. The van der Waals surface area contributed by atoms with Crippen LogP contribution in [0, 0.1) is 0 Å². The number of rotatable bonds is 4. The van der Waals surface area contributed by atoms with E-state index in [1.807, 2.05) is 0 Å². The Morgan fingerprint density at radius 2 is 1.86 bits per heavy atom. The zero-order valence-electron chi connectivity index (χ0n) is 7.54. The van der Waals surface area contributed by atoms with Gasteiger partial charge in [-0.1, -0.05) is 0 Å². The Morgan fingerprint density at radius 3 is 2.36 bits per heavy atom. The van der Waals surface area contributed by atoms with Crippen molar-refractivity contribution < 1.29 is 13.5 Å². The first-order valence-electron chi connectivity index (χ1n) is 4.55. The fraction of sp³-hybridized carbons (Fsp3) is 0.400. The third kappa shape index (κ3) is 2.58. The summed E-state index contributed by atoms with van der Waals surface area (Å²) in [4.78, 5) is 0. The van der Waals surface area contributed by atoms with Gasteiger partial charge in [0.15, 0.2) is 0 Å². The van der Waals surface area contributed by atoms with Crippen molar-refractivity contribution in [2.24, 2.45) is 0 Å². The van der Waals surface area contributed by atoms with E-state index in [9.17, 15) is 8.78 Å². The molecule has 4 heteroatoms. The monoisotopic (exact) mass is 199 g/mol. The van der Waals surface area contributed by atoms with Crippen molar-refractivity contribution in [3.8, 4) is 5.75 Å². The SMILES string of the molecule is FC(F)Oc1ccc(NC2CC2)cc1. The van der Waals surface area contributed by atoms with Gasteiger partial charge in [0.25, 0.3) is 0 Å². The van der Waals surface area contributed by atoms with Crippen molar-refractivity contribution >= 4 is 5.69 Å². The Balaban J connectivity index is 1.94. The highest BCUT2D eigenvalue weighted by Gasteiger charge is 2.20. The molecule has 2 nitrogen and oxygen atoms in total. The molecule has 14 heavy (non-hydrogen) atoms. The van der Waals surface area contributed by atoms with E-state index >= 15 is 0 Å². The number of benzene rings is 1. The molecule has 0 heterocycles. The molecular weight excluding hydrogens is 188 g/mol. The van der Waals surface area contributed by atoms with Gasteiger partial charge in [-0.05, 0) is 37.1 Å². The Labute approximate surface area is 80.9 Å². The van der Waals surface area contributed by atoms with E-state index in [1.54, 1.807) is 12.1 Å². The van der Waals surface area contributed by atoms with Crippen LogP contribution in [0.5, 0.6) is 5.75 Å². The van der Waals surface area contributed by atoms with E-state index < -0.39 is 6.61 Å². The van der Waals surface area contributed by atoms with Crippen LogP contribution in [0.1, 0.15) is 12.8 Å². The van der Waals surface area contributed by atoms with Gasteiger partial charge in [0.1, 0.15) is 5.75 Å². The fourth-order valence-electron chi connectivity index (χ4n) is 1.20. The van der Waals surface area contributed by atoms with E-state index in [0.29, 0.717) is 6.04 Å². The second-order valence-corrected chi connectivity index (χ2v) is 3.32. The number of halogens is 2. The van der Waals surface area contributed by atoms with Crippen LogP contribution in [0.4, 0.5) is 14.5 Å². The summed E-state index contributed by atoms with van der Waals surface area (Å²) < 4.78 is 27.8. The van der Waals surface area contributed by atoms with Gasteiger partial charge in [-0.3, -0.25) is 0 Å². The molecule has 0 saturated heterocycles. The van der Waals surface area contributed by atoms with Crippen LogP contribution in [-0.4, -0.2) is 12.7 Å². The highest BCUT2D eigenvalue weighted by molar-refractivity contribution is 5.47. The summed E-state index contributed by atoms with van der Waals surface area (Å²) in [5.41, 5.74) is 0.953. The fourth-order valence-corrected chi connectivity index (χ4v) is 1.20. The van der Waals surface area contributed by atoms with Crippen molar-refractivity contribution in [3.63, 3.8) is 0 Å². The quantitative estimate of drug-likeness (QED) is 0.805. The summed E-state index contributed by atoms with van der Waals surface area (Å²) in [6, 6.07) is 7.14. The van der Waals surface area contributed by atoms with Gasteiger partial charge in [0, 0.05) is 11.7 Å². The molecule has 0 radical (unpaired) electrons. The summed E-state index contributed by atoms with van der Waals surface area (Å²) in [6.45, 7) is -2.75. The van der Waals surface area contributed by atoms with Gasteiger partial charge >= 0.3 is 6.61 Å². The maximum absolute atomic E-state index is 11.8. The zero-order valence-corrected chi connectivity index (χ0v) is 7.54. The van der Waals surface area contributed by atoms with Gasteiger partial charge in [-0.15, -0.1) is 0 Å². The van der Waals surface area contributed by atoms with Gasteiger partial charge in [0.05, 0.1) is 0 Å². The lowest BCUT2D eigenvalue weighted by Gasteiger charge is -2.06. The average Bonchev–Trinajstić information content (AvgIpc) is 2.91. The van der Waals surface area contributed by atoms with E-state index in [0.717, 1.165) is 5.69 Å². The van der Waals surface area contributed by atoms with Crippen LogP contribution in [0.25, 0.3) is 0 Å². The van der Waals surface area contributed by atoms with Crippen LogP contribution in [0.15, 0.2) is 24.3 Å². The van der Waals surface area contributed by atoms with E-state index in [1.165, 1.54) is 25.0 Å². The largest absolute Gasteiger partial charge is 0.435 e. The minimum atomic E-state index is -2.75. The van der Waals surface area contributed by atoms with Gasteiger partial charge < -0.3 is 10.1 Å². The lowest BCUT2D eigenvalue weighted by atomic mass is 10.3. The molecule has 0 spiro atoms. The van der Waals surface area contributed by atoms with Crippen molar-refractivity contribution in [2.45, 2.75) is 25.5 Å². The summed E-state index contributed by atoms with van der Waals surface area (Å²) >= 11 is 0. The number of anilines is 1. The molecule has 0 bridgehead atoms. The molecular formula is C10H11F2NO. The Bertz CT molecular complexity index is 272. The molecule has 1 aromatic carbocycles. The van der Waals surface area contributed by atoms with Gasteiger partial charge in [-0.2, -0.15) is 8.78 Å². The molecule has 1 aliphatic rings. The molecule has 1 fully saturated rings. The summed E-state index contributed by atoms with van der Waals surface area (Å²) in [6.07, 6.45) is 2.38. The molecule has 1 N–H and O–H groups in total. The third-order valence-electron chi connectivity index (χ3n) is 2.03. The molecule has 1 aliphatic carbocycles. The van der Waals surface area contributed by atoms with Gasteiger partial charge in [0.2, 0.25) is 0 Å². The van der Waals surface area contributed by atoms with Crippen molar-refractivity contribution in [1.82, 2.24) is 0 Å². The Kier molecular flexibility index (Phi) is 2.52. The molecule has 0 amide bonds. The normalized spacial score (nSPS) is 15.6. The van der Waals surface area contributed by atoms with Crippen LogP contribution in [0.3, 0.4) is 0 Å². The first-order chi connectivity index (χ1) is 6.74. The Hall–Kier alpha value is -1.32. The van der Waals surface area contributed by atoms with Crippen LogP contribution in [-0.2, 0) is 0 Å². The summed E-state index contributed by atoms with van der Waals surface area (Å²) in [5, 5.41) is 3.25. The van der Waals surface area contributed by atoms with E-state index in [4.69, 9.17) is 0 Å². The number of ether oxygens (including phenoxy) is 1. The molecule has 0 aromatic heterocycles. The van der Waals surface area contributed by atoms with Crippen LogP contribution < -0.4 is 10.1 Å². The molecule has 0 unspecified atom stereocenters. The first kappa shape index (κ1) is 9.24. The minimum absolute atomic E-state index is 0.196. The zero-order chi connectivity index (χ0) is 9.97. The maximum atomic E-state index is 11.8. The van der Waals surface area contributed by atoms with Crippen molar-refractivity contribution in [3.05, 3.63) is 24.3 Å². The molecule has 1 saturated carbocycles. The average molecular weight is 199 g/mol. The molecule has 0 aliphatic heterocycles. The molecule has 1 aromatic rings.